The van der Waals surface area contributed by atoms with Crippen molar-refractivity contribution < 1.29 is 4.79 Å². The Hall–Kier alpha value is -2.53. The van der Waals surface area contributed by atoms with Crippen molar-refractivity contribution in [3.8, 4) is 5.69 Å². The predicted octanol–water partition coefficient (Wildman–Crippen LogP) is 4.57. The van der Waals surface area contributed by atoms with Crippen molar-refractivity contribution in [3.63, 3.8) is 0 Å². The molecule has 0 bridgehead atoms. The first-order chi connectivity index (χ1) is 12.5. The summed E-state index contributed by atoms with van der Waals surface area (Å²) in [6.45, 7) is 6.26. The third-order valence-corrected chi connectivity index (χ3v) is 5.98. The van der Waals surface area contributed by atoms with Gasteiger partial charge in [0.05, 0.1) is 22.4 Å². The first-order valence-corrected chi connectivity index (χ1v) is 9.73. The quantitative estimate of drug-likeness (QED) is 0.725. The van der Waals surface area contributed by atoms with Crippen LogP contribution in [0.15, 0.2) is 48.5 Å². The highest BCUT2D eigenvalue weighted by Gasteiger charge is 2.31. The number of nitrogens with zero attached hydrogens (tertiary/aromatic N) is 2. The molecular formula is C21H21N3OS. The molecule has 5 heteroatoms. The van der Waals surface area contributed by atoms with Crippen LogP contribution in [0.5, 0.6) is 0 Å². The zero-order chi connectivity index (χ0) is 18.3. The minimum absolute atomic E-state index is 0.0149. The second-order valence-electron chi connectivity index (χ2n) is 6.69. The number of rotatable bonds is 2. The summed E-state index contributed by atoms with van der Waals surface area (Å²) in [5.41, 5.74) is 6.71. The molecular weight excluding hydrogens is 342 g/mol. The summed E-state index contributed by atoms with van der Waals surface area (Å²) < 4.78 is 1.85. The van der Waals surface area contributed by atoms with Gasteiger partial charge in [-0.25, -0.2) is 4.68 Å². The van der Waals surface area contributed by atoms with Crippen molar-refractivity contribution in [1.82, 2.24) is 9.78 Å². The van der Waals surface area contributed by atoms with Crippen molar-refractivity contribution in [2.45, 2.75) is 26.0 Å². The van der Waals surface area contributed by atoms with Crippen LogP contribution in [0, 0.1) is 20.8 Å². The molecule has 0 unspecified atom stereocenters. The number of anilines is 1. The van der Waals surface area contributed by atoms with Crippen molar-refractivity contribution >= 4 is 23.5 Å². The third kappa shape index (κ3) is 2.92. The van der Waals surface area contributed by atoms with Crippen LogP contribution in [-0.4, -0.2) is 21.4 Å². The van der Waals surface area contributed by atoms with E-state index < -0.39 is 0 Å². The van der Waals surface area contributed by atoms with Gasteiger partial charge in [0.15, 0.2) is 0 Å². The van der Waals surface area contributed by atoms with E-state index in [4.69, 9.17) is 5.10 Å². The second kappa shape index (κ2) is 6.65. The highest BCUT2D eigenvalue weighted by Crippen LogP contribution is 2.44. The largest absolute Gasteiger partial charge is 0.310 e. The number of aryl methyl sites for hydroxylation is 3. The minimum Gasteiger partial charge on any atom is -0.310 e. The summed E-state index contributed by atoms with van der Waals surface area (Å²) in [5.74, 6) is 1.23. The smallest absolute Gasteiger partial charge is 0.235 e. The number of amides is 1. The van der Waals surface area contributed by atoms with Crippen LogP contribution in [0.4, 0.5) is 5.82 Å². The molecule has 3 aromatic rings. The molecule has 0 saturated carbocycles. The van der Waals surface area contributed by atoms with Crippen molar-refractivity contribution in [2.75, 3.05) is 11.1 Å². The Balaban J connectivity index is 1.93. The first-order valence-electron chi connectivity index (χ1n) is 8.68. The standard InChI is InChI=1S/C21H21N3OS/c1-13-9-10-14(2)17(11-13)20-19-15(3)23-24(16-7-5-4-6-8-16)21(19)22-18(25)12-26-20/h4-11,20H,12H2,1-3H3,(H,22,25)/t20-/m1/s1. The van der Waals surface area contributed by atoms with Gasteiger partial charge in [0.2, 0.25) is 5.91 Å². The fourth-order valence-electron chi connectivity index (χ4n) is 3.43. The highest BCUT2D eigenvalue weighted by atomic mass is 32.2. The van der Waals surface area contributed by atoms with Crippen LogP contribution in [-0.2, 0) is 4.79 Å². The van der Waals surface area contributed by atoms with E-state index in [0.717, 1.165) is 22.8 Å². The predicted molar refractivity (Wildman–Crippen MR) is 107 cm³/mol. The summed E-state index contributed by atoms with van der Waals surface area (Å²) in [4.78, 5) is 12.4. The minimum atomic E-state index is 0.0149. The highest BCUT2D eigenvalue weighted by molar-refractivity contribution is 8.00. The third-order valence-electron chi connectivity index (χ3n) is 4.73. The maximum Gasteiger partial charge on any atom is 0.235 e. The van der Waals surface area contributed by atoms with Gasteiger partial charge in [0.25, 0.3) is 0 Å². The maximum atomic E-state index is 12.4. The summed E-state index contributed by atoms with van der Waals surface area (Å²) in [5, 5.41) is 7.92. The van der Waals surface area contributed by atoms with E-state index in [9.17, 15) is 4.79 Å². The Labute approximate surface area is 157 Å². The van der Waals surface area contributed by atoms with Gasteiger partial charge in [-0.2, -0.15) is 5.10 Å². The second-order valence-corrected chi connectivity index (χ2v) is 7.79. The Morgan fingerprint density at radius 2 is 1.88 bits per heavy atom. The van der Waals surface area contributed by atoms with Crippen LogP contribution in [0.3, 0.4) is 0 Å². The number of hydrogen-bond acceptors (Lipinski definition) is 3. The van der Waals surface area contributed by atoms with Gasteiger partial charge < -0.3 is 5.32 Å². The summed E-state index contributed by atoms with van der Waals surface area (Å²) >= 11 is 1.67. The molecule has 2 aromatic carbocycles. The molecule has 1 N–H and O–H groups in total. The first kappa shape index (κ1) is 16.9. The Morgan fingerprint density at radius 1 is 1.12 bits per heavy atom. The topological polar surface area (TPSA) is 46.9 Å². The molecule has 1 aliphatic heterocycles. The van der Waals surface area contributed by atoms with Crippen LogP contribution in [0.1, 0.15) is 33.2 Å². The molecule has 132 valence electrons. The van der Waals surface area contributed by atoms with Gasteiger partial charge in [0, 0.05) is 5.56 Å². The molecule has 4 rings (SSSR count). The molecule has 2 heterocycles. The van der Waals surface area contributed by atoms with Gasteiger partial charge in [-0.1, -0.05) is 42.0 Å². The fraction of sp³-hybridized carbons (Fsp3) is 0.238. The lowest BCUT2D eigenvalue weighted by Gasteiger charge is -2.18. The fourth-order valence-corrected chi connectivity index (χ4v) is 4.70. The molecule has 0 saturated heterocycles. The zero-order valence-corrected chi connectivity index (χ0v) is 15.9. The van der Waals surface area contributed by atoms with E-state index >= 15 is 0 Å². The molecule has 4 nitrogen and oxygen atoms in total. The molecule has 1 aromatic heterocycles. The van der Waals surface area contributed by atoms with E-state index in [1.807, 2.05) is 41.9 Å². The van der Waals surface area contributed by atoms with E-state index in [2.05, 4.69) is 37.4 Å². The van der Waals surface area contributed by atoms with E-state index in [-0.39, 0.29) is 11.2 Å². The number of fused-ring (bicyclic) bond motifs is 1. The normalized spacial score (nSPS) is 16.7. The van der Waals surface area contributed by atoms with Crippen molar-refractivity contribution in [2.24, 2.45) is 0 Å². The van der Waals surface area contributed by atoms with Gasteiger partial charge in [-0.3, -0.25) is 4.79 Å². The molecule has 1 atom stereocenters. The van der Waals surface area contributed by atoms with Gasteiger partial charge in [-0.15, -0.1) is 11.8 Å². The van der Waals surface area contributed by atoms with Crippen LogP contribution >= 0.6 is 11.8 Å². The van der Waals surface area contributed by atoms with Crippen LogP contribution in [0.25, 0.3) is 5.69 Å². The number of aromatic nitrogens is 2. The average molecular weight is 363 g/mol. The molecule has 0 radical (unpaired) electrons. The Bertz CT molecular complexity index is 978. The van der Waals surface area contributed by atoms with Crippen LogP contribution < -0.4 is 5.32 Å². The maximum absolute atomic E-state index is 12.4. The van der Waals surface area contributed by atoms with Crippen molar-refractivity contribution in [1.29, 1.82) is 0 Å². The van der Waals surface area contributed by atoms with Gasteiger partial charge in [-0.05, 0) is 44.0 Å². The van der Waals surface area contributed by atoms with E-state index in [1.54, 1.807) is 11.8 Å². The molecule has 0 fully saturated rings. The Kier molecular flexibility index (Phi) is 4.32. The SMILES string of the molecule is Cc1ccc(C)c([C@H]2SCC(=O)Nc3c2c(C)nn3-c2ccccc2)c1. The zero-order valence-electron chi connectivity index (χ0n) is 15.1. The average Bonchev–Trinajstić information content (AvgIpc) is 2.84. The van der Waals surface area contributed by atoms with Gasteiger partial charge >= 0.3 is 0 Å². The summed E-state index contributed by atoms with van der Waals surface area (Å²) in [6, 6.07) is 16.5. The van der Waals surface area contributed by atoms with Crippen LogP contribution in [0.2, 0.25) is 0 Å². The number of benzene rings is 2. The molecule has 0 spiro atoms. The number of thioether (sulfide) groups is 1. The lowest BCUT2D eigenvalue weighted by molar-refractivity contribution is -0.113. The number of carbonyl (C=O) groups excluding carboxylic acids is 1. The number of carbonyl (C=O) groups is 1. The lowest BCUT2D eigenvalue weighted by Crippen LogP contribution is -2.15. The Morgan fingerprint density at radius 3 is 2.65 bits per heavy atom. The van der Waals surface area contributed by atoms with Gasteiger partial charge in [0.1, 0.15) is 5.82 Å². The molecule has 0 aliphatic carbocycles. The molecule has 1 amide bonds. The number of hydrogen-bond donors (Lipinski definition) is 1. The van der Waals surface area contributed by atoms with E-state index in [0.29, 0.717) is 5.75 Å². The number of nitrogens with one attached hydrogen (secondary N) is 1. The monoisotopic (exact) mass is 363 g/mol. The van der Waals surface area contributed by atoms with E-state index in [1.165, 1.54) is 16.7 Å². The summed E-state index contributed by atoms with van der Waals surface area (Å²) in [7, 11) is 0. The number of para-hydroxylation sites is 1. The summed E-state index contributed by atoms with van der Waals surface area (Å²) in [6.07, 6.45) is 0. The molecule has 26 heavy (non-hydrogen) atoms. The molecule has 1 aliphatic rings. The van der Waals surface area contributed by atoms with Crippen molar-refractivity contribution in [3.05, 3.63) is 76.5 Å². The lowest BCUT2D eigenvalue weighted by atomic mass is 9.98.